The van der Waals surface area contributed by atoms with Gasteiger partial charge < -0.3 is 0 Å². The third kappa shape index (κ3) is 3.62. The van der Waals surface area contributed by atoms with E-state index in [0.29, 0.717) is 5.88 Å². The fourth-order valence-electron chi connectivity index (χ4n) is 4.09. The summed E-state index contributed by atoms with van der Waals surface area (Å²) in [7, 11) is 0. The van der Waals surface area contributed by atoms with Crippen molar-refractivity contribution >= 4 is 44.7 Å². The molecule has 4 rings (SSSR count). The maximum absolute atomic E-state index is 8.10. The van der Waals surface area contributed by atoms with Gasteiger partial charge in [0.05, 0.1) is 0 Å². The van der Waals surface area contributed by atoms with Crippen molar-refractivity contribution in [2.45, 2.75) is 12.0 Å². The summed E-state index contributed by atoms with van der Waals surface area (Å²) in [6.45, 7) is 0. The van der Waals surface area contributed by atoms with E-state index in [1.54, 1.807) is 0 Å². The number of benzene rings is 4. The number of alkyl halides is 1. The minimum atomic E-state index is -3.29. The van der Waals surface area contributed by atoms with Gasteiger partial charge in [0.25, 0.3) is 0 Å². The van der Waals surface area contributed by atoms with Crippen molar-refractivity contribution in [2.24, 2.45) is 0 Å². The van der Waals surface area contributed by atoms with Gasteiger partial charge in [0.1, 0.15) is 0 Å². The van der Waals surface area contributed by atoms with Gasteiger partial charge in [-0.25, -0.2) is 0 Å². The van der Waals surface area contributed by atoms with E-state index >= 15 is 0 Å². The van der Waals surface area contributed by atoms with Crippen LogP contribution >= 0.6 is 28.8 Å². The molecule has 0 spiro atoms. The van der Waals surface area contributed by atoms with Gasteiger partial charge in [-0.2, -0.15) is 0 Å². The topological polar surface area (TPSA) is 0 Å². The molecule has 0 saturated carbocycles. The van der Waals surface area contributed by atoms with Gasteiger partial charge in [-0.15, -0.1) is 0 Å². The number of rotatable bonds is 6. The normalized spacial score (nSPS) is 12.8. The van der Waals surface area contributed by atoms with Crippen LogP contribution in [0.4, 0.5) is 0 Å². The van der Waals surface area contributed by atoms with Crippen LogP contribution in [0.5, 0.6) is 0 Å². The van der Waals surface area contributed by atoms with E-state index < -0.39 is 5.96 Å². The Kier molecular flexibility index (Phi) is 5.79. The Morgan fingerprint density at radius 2 is 0.931 bits per heavy atom. The molecule has 0 atom stereocenters. The molecule has 4 aromatic carbocycles. The first-order valence-electron chi connectivity index (χ1n) is 9.68. The Hall–Kier alpha value is -2.11. The number of hydrogen-bond acceptors (Lipinski definition) is 0. The molecule has 0 aromatic heterocycles. The van der Waals surface area contributed by atoms with Gasteiger partial charge in [0.15, 0.2) is 0 Å². The quantitative estimate of drug-likeness (QED) is 0.235. The zero-order valence-corrected chi connectivity index (χ0v) is 18.5. The second kappa shape index (κ2) is 8.33. The first-order chi connectivity index (χ1) is 14.1. The van der Waals surface area contributed by atoms with Crippen LogP contribution in [0.1, 0.15) is 11.1 Å². The van der Waals surface area contributed by atoms with Crippen molar-refractivity contribution in [2.75, 3.05) is 0 Å². The molecule has 0 unspecified atom stereocenters. The maximum atomic E-state index is 8.10. The summed E-state index contributed by atoms with van der Waals surface area (Å²) in [5.41, 5.74) is 2.31. The van der Waals surface area contributed by atoms with Crippen LogP contribution in [0, 0.1) is 0 Å². The molecule has 0 heterocycles. The zero-order chi connectivity index (χ0) is 20.2. The molecular weight excluding hydrogens is 414 g/mol. The Bertz CT molecular complexity index is 980. The van der Waals surface area contributed by atoms with Gasteiger partial charge in [-0.1, -0.05) is 0 Å². The van der Waals surface area contributed by atoms with Crippen LogP contribution < -0.4 is 15.9 Å². The van der Waals surface area contributed by atoms with Crippen molar-refractivity contribution in [3.05, 3.63) is 126 Å². The van der Waals surface area contributed by atoms with Gasteiger partial charge >= 0.3 is 183 Å². The van der Waals surface area contributed by atoms with Crippen molar-refractivity contribution in [3.8, 4) is 0 Å². The van der Waals surface area contributed by atoms with Crippen molar-refractivity contribution in [1.82, 2.24) is 0 Å². The van der Waals surface area contributed by atoms with Gasteiger partial charge in [0, 0.05) is 0 Å². The van der Waals surface area contributed by atoms with Crippen molar-refractivity contribution in [3.63, 3.8) is 0 Å². The number of halogens is 2. The molecule has 0 fully saturated rings. The van der Waals surface area contributed by atoms with Gasteiger partial charge in [-0.05, 0) is 0 Å². The molecule has 0 nitrogen and oxygen atoms in total. The van der Waals surface area contributed by atoms with Crippen molar-refractivity contribution in [1.29, 1.82) is 0 Å². The van der Waals surface area contributed by atoms with Crippen LogP contribution in [0.25, 0.3) is 0 Å². The molecule has 0 radical (unpaired) electrons. The van der Waals surface area contributed by atoms with Crippen LogP contribution in [0.15, 0.2) is 115 Å². The minimum absolute atomic E-state index is 0.494. The fourth-order valence-corrected chi connectivity index (χ4v) is 10.4. The third-order valence-corrected chi connectivity index (χ3v) is 13.0. The summed E-state index contributed by atoms with van der Waals surface area (Å²) in [6.07, 6.45) is 0.732. The first-order valence-corrected chi connectivity index (χ1v) is 13.5. The molecular formula is C26H23Cl2P. The third-order valence-electron chi connectivity index (χ3n) is 5.51. The Morgan fingerprint density at radius 1 is 0.517 bits per heavy atom. The second-order valence-corrected chi connectivity index (χ2v) is 14.0. The van der Waals surface area contributed by atoms with E-state index in [9.17, 15) is 0 Å². The molecule has 146 valence electrons. The first kappa shape index (κ1) is 20.2. The predicted molar refractivity (Wildman–Crippen MR) is 131 cm³/mol. The monoisotopic (exact) mass is 436 g/mol. The Morgan fingerprint density at radius 3 is 1.34 bits per heavy atom. The average Bonchev–Trinajstić information content (AvgIpc) is 2.81. The van der Waals surface area contributed by atoms with Crippen LogP contribution in [-0.4, -0.2) is 0 Å². The molecule has 3 heteroatoms. The predicted octanol–water partition coefficient (Wildman–Crippen LogP) is 6.61. The van der Waals surface area contributed by atoms with Crippen LogP contribution in [0.2, 0.25) is 0 Å². The van der Waals surface area contributed by atoms with E-state index in [-0.39, 0.29) is 0 Å². The molecule has 0 amide bonds. The van der Waals surface area contributed by atoms with Crippen LogP contribution in [-0.2, 0) is 12.0 Å². The standard InChI is InChI=1S/C26H23Cl2P/c27-20-22-11-10-12-23(19-22)21-29(28,24-13-4-1-5-14-24,25-15-6-2-7-16-25)26-17-8-3-9-18-26/h1-19H,20-21H2. The summed E-state index contributed by atoms with van der Waals surface area (Å²) in [5, 5.41) is 3.52. The van der Waals surface area contributed by atoms with Gasteiger partial charge in [0.2, 0.25) is 0 Å². The number of hydrogen-bond donors (Lipinski definition) is 0. The second-order valence-electron chi connectivity index (χ2n) is 7.30. The molecule has 0 N–H and O–H groups in total. The summed E-state index contributed by atoms with van der Waals surface area (Å²) >= 11 is 14.2. The Labute approximate surface area is 182 Å². The molecule has 4 aromatic rings. The molecule has 0 saturated heterocycles. The summed E-state index contributed by atoms with van der Waals surface area (Å²) < 4.78 is 0. The van der Waals surface area contributed by atoms with Gasteiger partial charge in [-0.3, -0.25) is 0 Å². The van der Waals surface area contributed by atoms with Crippen LogP contribution in [0.3, 0.4) is 0 Å². The summed E-state index contributed by atoms with van der Waals surface area (Å²) in [5.74, 6) is -2.79. The average molecular weight is 437 g/mol. The van der Waals surface area contributed by atoms with E-state index in [0.717, 1.165) is 11.7 Å². The summed E-state index contributed by atoms with van der Waals surface area (Å²) in [6, 6.07) is 40.2. The Balaban J connectivity index is 2.06. The van der Waals surface area contributed by atoms with E-state index in [1.807, 2.05) is 18.2 Å². The molecule has 0 bridgehead atoms. The van der Waals surface area contributed by atoms with E-state index in [4.69, 9.17) is 22.8 Å². The molecule has 0 aliphatic rings. The van der Waals surface area contributed by atoms with Crippen molar-refractivity contribution < 1.29 is 0 Å². The van der Waals surface area contributed by atoms with E-state index in [1.165, 1.54) is 21.5 Å². The van der Waals surface area contributed by atoms with E-state index in [2.05, 4.69) is 97.1 Å². The molecule has 29 heavy (non-hydrogen) atoms. The SMILES string of the molecule is ClCc1cccc(CP(Cl)(c2ccccc2)(c2ccccc2)c2ccccc2)c1. The summed E-state index contributed by atoms with van der Waals surface area (Å²) in [4.78, 5) is 0. The fraction of sp³-hybridized carbons (Fsp3) is 0.0769. The molecule has 0 aliphatic heterocycles. The molecule has 0 aliphatic carbocycles. The zero-order valence-electron chi connectivity index (χ0n) is 16.1.